The van der Waals surface area contributed by atoms with E-state index in [2.05, 4.69) is 9.97 Å². The number of carbonyl (C=O) groups is 1. The van der Waals surface area contributed by atoms with E-state index in [1.807, 2.05) is 19.1 Å². The SMILES string of the molecule is Cc1c(C(=O)N(C)CCc2ccncc2)sc2ncn(C)c(=O)c12. The largest absolute Gasteiger partial charge is 0.341 e. The van der Waals surface area contributed by atoms with Gasteiger partial charge in [-0.25, -0.2) is 4.98 Å². The van der Waals surface area contributed by atoms with Gasteiger partial charge in [0.05, 0.1) is 16.6 Å². The summed E-state index contributed by atoms with van der Waals surface area (Å²) >= 11 is 1.28. The molecule has 3 rings (SSSR count). The van der Waals surface area contributed by atoms with Crippen LogP contribution in [0.4, 0.5) is 0 Å². The van der Waals surface area contributed by atoms with Gasteiger partial charge in [-0.2, -0.15) is 0 Å². The van der Waals surface area contributed by atoms with Gasteiger partial charge in [0, 0.05) is 33.0 Å². The van der Waals surface area contributed by atoms with Crippen molar-refractivity contribution in [2.45, 2.75) is 13.3 Å². The smallest absolute Gasteiger partial charge is 0.264 e. The molecule has 6 nitrogen and oxygen atoms in total. The number of hydrogen-bond acceptors (Lipinski definition) is 5. The first-order chi connectivity index (χ1) is 11.5. The summed E-state index contributed by atoms with van der Waals surface area (Å²) in [6.45, 7) is 2.41. The van der Waals surface area contributed by atoms with Gasteiger partial charge < -0.3 is 9.47 Å². The average Bonchev–Trinajstić information content (AvgIpc) is 2.93. The molecule has 3 heterocycles. The van der Waals surface area contributed by atoms with Crippen LogP contribution in [0.1, 0.15) is 20.8 Å². The fraction of sp³-hybridized carbons (Fsp3) is 0.294. The molecule has 0 unspecified atom stereocenters. The molecule has 0 bridgehead atoms. The Balaban J connectivity index is 1.84. The maximum absolute atomic E-state index is 12.7. The van der Waals surface area contributed by atoms with E-state index in [0.29, 0.717) is 27.2 Å². The third-order valence-corrected chi connectivity index (χ3v) is 5.22. The van der Waals surface area contributed by atoms with E-state index in [-0.39, 0.29) is 11.5 Å². The zero-order valence-corrected chi connectivity index (χ0v) is 14.6. The van der Waals surface area contributed by atoms with Crippen LogP contribution in [0, 0.1) is 6.92 Å². The highest BCUT2D eigenvalue weighted by Crippen LogP contribution is 2.27. The van der Waals surface area contributed by atoms with Crippen LogP contribution in [-0.4, -0.2) is 38.9 Å². The van der Waals surface area contributed by atoms with Crippen LogP contribution in [0.5, 0.6) is 0 Å². The monoisotopic (exact) mass is 342 g/mol. The number of aryl methyl sites for hydroxylation is 2. The van der Waals surface area contributed by atoms with E-state index >= 15 is 0 Å². The summed E-state index contributed by atoms with van der Waals surface area (Å²) in [7, 11) is 3.44. The zero-order chi connectivity index (χ0) is 17.3. The van der Waals surface area contributed by atoms with Crippen molar-refractivity contribution in [3.63, 3.8) is 0 Å². The molecule has 3 aromatic rings. The van der Waals surface area contributed by atoms with Gasteiger partial charge in [-0.3, -0.25) is 14.6 Å². The Morgan fingerprint density at radius 3 is 2.75 bits per heavy atom. The first-order valence-corrected chi connectivity index (χ1v) is 8.39. The molecule has 0 saturated carbocycles. The number of aromatic nitrogens is 3. The summed E-state index contributed by atoms with van der Waals surface area (Å²) in [5.41, 5.74) is 1.73. The number of pyridine rings is 1. The van der Waals surface area contributed by atoms with Crippen LogP contribution in [0.2, 0.25) is 0 Å². The van der Waals surface area contributed by atoms with Crippen LogP contribution in [0.3, 0.4) is 0 Å². The van der Waals surface area contributed by atoms with Crippen molar-refractivity contribution in [3.05, 3.63) is 57.2 Å². The third-order valence-electron chi connectivity index (χ3n) is 4.04. The van der Waals surface area contributed by atoms with Crippen LogP contribution in [0.15, 0.2) is 35.6 Å². The molecule has 0 radical (unpaired) electrons. The molecular formula is C17H18N4O2S. The number of thiophene rings is 1. The van der Waals surface area contributed by atoms with E-state index in [0.717, 1.165) is 12.0 Å². The van der Waals surface area contributed by atoms with E-state index in [1.54, 1.807) is 31.4 Å². The lowest BCUT2D eigenvalue weighted by atomic mass is 10.1. The summed E-state index contributed by atoms with van der Waals surface area (Å²) in [5.74, 6) is -0.0772. The van der Waals surface area contributed by atoms with Crippen molar-refractivity contribution in [2.75, 3.05) is 13.6 Å². The topological polar surface area (TPSA) is 68.1 Å². The summed E-state index contributed by atoms with van der Waals surface area (Å²) in [6, 6.07) is 3.88. The lowest BCUT2D eigenvalue weighted by Crippen LogP contribution is -2.28. The van der Waals surface area contributed by atoms with E-state index in [9.17, 15) is 9.59 Å². The molecule has 0 atom stereocenters. The zero-order valence-electron chi connectivity index (χ0n) is 13.8. The van der Waals surface area contributed by atoms with Crippen molar-refractivity contribution in [1.29, 1.82) is 0 Å². The summed E-state index contributed by atoms with van der Waals surface area (Å²) in [6.07, 6.45) is 5.74. The molecule has 0 aromatic carbocycles. The van der Waals surface area contributed by atoms with Crippen molar-refractivity contribution in [1.82, 2.24) is 19.4 Å². The van der Waals surface area contributed by atoms with Crippen molar-refractivity contribution in [3.8, 4) is 0 Å². The number of amides is 1. The first-order valence-electron chi connectivity index (χ1n) is 7.58. The molecule has 24 heavy (non-hydrogen) atoms. The van der Waals surface area contributed by atoms with Crippen LogP contribution < -0.4 is 5.56 Å². The molecule has 0 aliphatic rings. The van der Waals surface area contributed by atoms with Gasteiger partial charge in [-0.05, 0) is 36.6 Å². The highest BCUT2D eigenvalue weighted by Gasteiger charge is 2.21. The molecular weight excluding hydrogens is 324 g/mol. The van der Waals surface area contributed by atoms with Crippen molar-refractivity contribution in [2.24, 2.45) is 7.05 Å². The Morgan fingerprint density at radius 2 is 2.04 bits per heavy atom. The summed E-state index contributed by atoms with van der Waals surface area (Å²) < 4.78 is 1.43. The van der Waals surface area contributed by atoms with Gasteiger partial charge in [0.2, 0.25) is 0 Å². The number of carbonyl (C=O) groups excluding carboxylic acids is 1. The lowest BCUT2D eigenvalue weighted by molar-refractivity contribution is 0.0801. The molecule has 1 amide bonds. The highest BCUT2D eigenvalue weighted by molar-refractivity contribution is 7.20. The van der Waals surface area contributed by atoms with Gasteiger partial charge >= 0.3 is 0 Å². The number of fused-ring (bicyclic) bond motifs is 1. The Kier molecular flexibility index (Phi) is 4.44. The predicted molar refractivity (Wildman–Crippen MR) is 94.5 cm³/mol. The molecule has 0 aliphatic heterocycles. The van der Waals surface area contributed by atoms with E-state index in [1.165, 1.54) is 22.2 Å². The maximum Gasteiger partial charge on any atom is 0.264 e. The quantitative estimate of drug-likeness (QED) is 0.727. The van der Waals surface area contributed by atoms with Crippen molar-refractivity contribution >= 4 is 27.5 Å². The standard InChI is InChI=1S/C17H18N4O2S/c1-11-13-15(19-10-21(3)16(13)22)24-14(11)17(23)20(2)9-6-12-4-7-18-8-5-12/h4-5,7-8,10H,6,9H2,1-3H3. The van der Waals surface area contributed by atoms with Gasteiger partial charge in [0.1, 0.15) is 4.83 Å². The molecule has 0 fully saturated rings. The average molecular weight is 342 g/mol. The molecule has 124 valence electrons. The second-order valence-electron chi connectivity index (χ2n) is 5.73. The Hall–Kier alpha value is -2.54. The minimum absolute atomic E-state index is 0.0772. The minimum Gasteiger partial charge on any atom is -0.341 e. The minimum atomic E-state index is -0.118. The molecule has 7 heteroatoms. The molecule has 0 saturated heterocycles. The highest BCUT2D eigenvalue weighted by atomic mass is 32.1. The maximum atomic E-state index is 12.7. The lowest BCUT2D eigenvalue weighted by Gasteiger charge is -2.16. The number of nitrogens with zero attached hydrogens (tertiary/aromatic N) is 4. The number of rotatable bonds is 4. The fourth-order valence-corrected chi connectivity index (χ4v) is 3.67. The second-order valence-corrected chi connectivity index (χ2v) is 6.73. The van der Waals surface area contributed by atoms with Crippen LogP contribution in [0.25, 0.3) is 10.2 Å². The summed E-state index contributed by atoms with van der Waals surface area (Å²) in [5, 5.41) is 0.538. The fourth-order valence-electron chi connectivity index (χ4n) is 2.53. The van der Waals surface area contributed by atoms with Gasteiger partial charge in [-0.15, -0.1) is 11.3 Å². The van der Waals surface area contributed by atoms with Gasteiger partial charge in [0.15, 0.2) is 0 Å². The van der Waals surface area contributed by atoms with E-state index < -0.39 is 0 Å². The number of likely N-dealkylation sites (N-methyl/N-ethyl adjacent to an activating group) is 1. The first kappa shape index (κ1) is 16.3. The molecule has 3 aromatic heterocycles. The Bertz CT molecular complexity index is 946. The molecule has 0 aliphatic carbocycles. The summed E-state index contributed by atoms with van der Waals surface area (Å²) in [4.78, 5) is 36.1. The molecule has 0 N–H and O–H groups in total. The van der Waals surface area contributed by atoms with Crippen LogP contribution in [-0.2, 0) is 13.5 Å². The second kappa shape index (κ2) is 6.52. The third kappa shape index (κ3) is 2.94. The Labute approximate surface area is 143 Å². The van der Waals surface area contributed by atoms with Crippen molar-refractivity contribution < 1.29 is 4.79 Å². The molecule has 0 spiro atoms. The normalized spacial score (nSPS) is 11.0. The number of hydrogen-bond donors (Lipinski definition) is 0. The van der Waals surface area contributed by atoms with E-state index in [4.69, 9.17) is 0 Å². The van der Waals surface area contributed by atoms with Gasteiger partial charge in [0.25, 0.3) is 11.5 Å². The Morgan fingerprint density at radius 1 is 1.33 bits per heavy atom. The predicted octanol–water partition coefficient (Wildman–Crippen LogP) is 2.01. The van der Waals surface area contributed by atoms with Gasteiger partial charge in [-0.1, -0.05) is 0 Å². The van der Waals surface area contributed by atoms with Crippen LogP contribution >= 0.6 is 11.3 Å².